The summed E-state index contributed by atoms with van der Waals surface area (Å²) in [6, 6.07) is 41.8. The highest BCUT2D eigenvalue weighted by Gasteiger charge is 2.52. The molecule has 1 unspecified atom stereocenters. The largest absolute Gasteiger partial charge is 0.496 e. The number of carbonyl (C=O) groups excluding carboxylic acids is 1. The molecule has 1 saturated heterocycles. The number of morpholine rings is 1. The van der Waals surface area contributed by atoms with Gasteiger partial charge in [-0.15, -0.1) is 0 Å². The van der Waals surface area contributed by atoms with Crippen molar-refractivity contribution in [1.29, 1.82) is 0 Å². The third-order valence-corrected chi connectivity index (χ3v) is 16.8. The van der Waals surface area contributed by atoms with Gasteiger partial charge in [-0.25, -0.2) is 0 Å². The molecular weight excluding hydrogens is 879 g/mol. The van der Waals surface area contributed by atoms with Gasteiger partial charge in [-0.2, -0.15) is 0 Å². The number of methoxy groups -OCH3 is 1. The molecule has 2 fully saturated rings. The predicted molar refractivity (Wildman–Crippen MR) is 289 cm³/mol. The molecular formula is C64H71NO6. The third kappa shape index (κ3) is 8.57. The molecule has 71 heavy (non-hydrogen) atoms. The van der Waals surface area contributed by atoms with E-state index in [0.717, 1.165) is 89.6 Å². The molecule has 0 bridgehead atoms. The predicted octanol–water partition coefficient (Wildman–Crippen LogP) is 14.8. The van der Waals surface area contributed by atoms with E-state index in [2.05, 4.69) is 167 Å². The number of rotatable bonds is 15. The molecule has 2 aliphatic heterocycles. The Morgan fingerprint density at radius 3 is 2.07 bits per heavy atom. The van der Waals surface area contributed by atoms with E-state index in [1.807, 2.05) is 0 Å². The Morgan fingerprint density at radius 2 is 1.42 bits per heavy atom. The Balaban J connectivity index is 1.12. The van der Waals surface area contributed by atoms with E-state index < -0.39 is 16.8 Å². The van der Waals surface area contributed by atoms with E-state index in [-0.39, 0.29) is 11.2 Å². The molecule has 0 aromatic heterocycles. The highest BCUT2D eigenvalue weighted by Crippen LogP contribution is 2.65. The average Bonchev–Trinajstić information content (AvgIpc) is 3.68. The molecule has 1 atom stereocenters. The molecule has 2 aliphatic carbocycles. The van der Waals surface area contributed by atoms with Crippen molar-refractivity contribution in [2.24, 2.45) is 5.41 Å². The van der Waals surface area contributed by atoms with Crippen molar-refractivity contribution in [1.82, 2.24) is 0 Å². The molecule has 0 N–H and O–H groups in total. The first-order valence-electron chi connectivity index (χ1n) is 26.0. The van der Waals surface area contributed by atoms with Crippen LogP contribution >= 0.6 is 0 Å². The number of nitrogens with zero attached hydrogens (tertiary/aromatic N) is 1. The molecule has 7 nitrogen and oxygen atoms in total. The fourth-order valence-electron chi connectivity index (χ4n) is 12.4. The number of ketones is 1. The van der Waals surface area contributed by atoms with Crippen LogP contribution in [-0.4, -0.2) is 57.0 Å². The quantitative estimate of drug-likeness (QED) is 0.0950. The number of ether oxygens (including phenoxy) is 5. The van der Waals surface area contributed by atoms with Gasteiger partial charge in [0, 0.05) is 58.3 Å². The standard InChI is InChI=1S/C64H71NO6/c1-10-62(11-2)31-33-63(34-32-62)54-20-16-15-19-49(54)56-52-41-51(44-17-13-12-14-18-44)55(67-9)42-53(52)58-50(57(56)63)29-30-64(71-58,45-21-25-47(26-22-45)65-36-39-68-40-37-65)46-23-27-48(28-24-46)70-60(5,6)35-38-69-61(7,8)59(66)43(3)4/h12-30,41-42H,3,10-11,31-40H2,1-2,4-9H3. The number of Topliss-reactive ketones (excluding diaryl/α,β-unsaturated/α-hetero) is 1. The van der Waals surface area contributed by atoms with E-state index >= 15 is 0 Å². The van der Waals surface area contributed by atoms with Crippen LogP contribution in [0.3, 0.4) is 0 Å². The van der Waals surface area contributed by atoms with Crippen molar-refractivity contribution < 1.29 is 28.5 Å². The lowest BCUT2D eigenvalue weighted by molar-refractivity contribution is -0.137. The van der Waals surface area contributed by atoms with Gasteiger partial charge in [-0.1, -0.05) is 118 Å². The molecule has 1 spiro atoms. The zero-order valence-corrected chi connectivity index (χ0v) is 43.2. The van der Waals surface area contributed by atoms with Gasteiger partial charge in [-0.3, -0.25) is 4.79 Å². The summed E-state index contributed by atoms with van der Waals surface area (Å²) in [4.78, 5) is 15.1. The van der Waals surface area contributed by atoms with Gasteiger partial charge in [-0.05, 0) is 147 Å². The van der Waals surface area contributed by atoms with E-state index in [1.54, 1.807) is 27.9 Å². The van der Waals surface area contributed by atoms with Crippen LogP contribution in [0.15, 0.2) is 133 Å². The van der Waals surface area contributed by atoms with Crippen LogP contribution < -0.4 is 19.1 Å². The Labute approximate surface area is 421 Å². The zero-order valence-electron chi connectivity index (χ0n) is 43.2. The van der Waals surface area contributed by atoms with Crippen molar-refractivity contribution in [3.63, 3.8) is 0 Å². The second kappa shape index (κ2) is 18.8. The minimum atomic E-state index is -1.00. The molecule has 2 heterocycles. The number of hydrogen-bond acceptors (Lipinski definition) is 7. The van der Waals surface area contributed by atoms with Gasteiger partial charge < -0.3 is 28.6 Å². The summed E-state index contributed by atoms with van der Waals surface area (Å²) in [6.45, 7) is 21.6. The SMILES string of the molecule is C=C(C)C(=O)C(C)(C)OCCC(C)(C)Oc1ccc(C2(c3ccc(N4CCOCC4)cc3)C=Cc3c4c(c5cc(-c6ccccc6)c(OC)cc5c3O2)-c2ccccc2C42CCC(CC)(CC)CC2)cc1. The summed E-state index contributed by atoms with van der Waals surface area (Å²) in [5.41, 5.74) is 10.2. The van der Waals surface area contributed by atoms with E-state index in [9.17, 15) is 4.79 Å². The average molecular weight is 950 g/mol. The van der Waals surface area contributed by atoms with Crippen molar-refractivity contribution in [2.45, 2.75) is 116 Å². The van der Waals surface area contributed by atoms with Crippen LogP contribution in [0.1, 0.15) is 121 Å². The van der Waals surface area contributed by atoms with Crippen molar-refractivity contribution in [2.75, 3.05) is 44.9 Å². The lowest BCUT2D eigenvalue weighted by atomic mass is 9.58. The maximum atomic E-state index is 12.7. The molecule has 0 radical (unpaired) electrons. The second-order valence-electron chi connectivity index (χ2n) is 21.7. The van der Waals surface area contributed by atoms with Crippen LogP contribution in [0.4, 0.5) is 5.69 Å². The summed E-state index contributed by atoms with van der Waals surface area (Å²) in [6.07, 6.45) is 12.3. The van der Waals surface area contributed by atoms with Crippen LogP contribution in [0.5, 0.6) is 17.2 Å². The smallest absolute Gasteiger partial charge is 0.189 e. The maximum absolute atomic E-state index is 12.7. The topological polar surface area (TPSA) is 66.5 Å². The van der Waals surface area contributed by atoms with Crippen LogP contribution in [0.2, 0.25) is 0 Å². The third-order valence-electron chi connectivity index (χ3n) is 16.8. The fraction of sp³-hybridized carbons (Fsp3) is 0.391. The maximum Gasteiger partial charge on any atom is 0.189 e. The molecule has 6 aromatic rings. The normalized spacial score (nSPS) is 18.9. The van der Waals surface area contributed by atoms with Gasteiger partial charge in [0.1, 0.15) is 28.5 Å². The molecule has 1 saturated carbocycles. The number of carbonyl (C=O) groups is 1. The summed E-state index contributed by atoms with van der Waals surface area (Å²) < 4.78 is 32.8. The van der Waals surface area contributed by atoms with Gasteiger partial charge in [0.2, 0.25) is 0 Å². The number of anilines is 1. The Kier molecular flexibility index (Phi) is 12.8. The first-order valence-corrected chi connectivity index (χ1v) is 26.0. The lowest BCUT2D eigenvalue weighted by Crippen LogP contribution is -2.38. The first-order chi connectivity index (χ1) is 34.2. The van der Waals surface area contributed by atoms with Gasteiger partial charge in [0.05, 0.1) is 26.9 Å². The first kappa shape index (κ1) is 48.5. The minimum absolute atomic E-state index is 0.0971. The van der Waals surface area contributed by atoms with Crippen molar-refractivity contribution in [3.8, 4) is 39.5 Å². The Hall–Kier alpha value is -6.15. The summed E-state index contributed by atoms with van der Waals surface area (Å²) in [5.74, 6) is 2.32. The van der Waals surface area contributed by atoms with Gasteiger partial charge in [0.25, 0.3) is 0 Å². The molecule has 7 heteroatoms. The van der Waals surface area contributed by atoms with E-state index in [1.165, 1.54) is 59.0 Å². The molecule has 368 valence electrons. The molecule has 0 amide bonds. The summed E-state index contributed by atoms with van der Waals surface area (Å²) in [7, 11) is 1.78. The van der Waals surface area contributed by atoms with E-state index in [4.69, 9.17) is 23.7 Å². The van der Waals surface area contributed by atoms with Crippen LogP contribution in [-0.2, 0) is 25.3 Å². The fourth-order valence-corrected chi connectivity index (χ4v) is 12.4. The Bertz CT molecular complexity index is 2980. The highest BCUT2D eigenvalue weighted by molar-refractivity contribution is 6.10. The Morgan fingerprint density at radius 1 is 0.775 bits per heavy atom. The monoisotopic (exact) mass is 950 g/mol. The van der Waals surface area contributed by atoms with Gasteiger partial charge in [0.15, 0.2) is 11.4 Å². The highest BCUT2D eigenvalue weighted by atomic mass is 16.5. The number of benzene rings is 6. The second-order valence-corrected chi connectivity index (χ2v) is 21.7. The minimum Gasteiger partial charge on any atom is -0.496 e. The molecule has 6 aromatic carbocycles. The van der Waals surface area contributed by atoms with Crippen LogP contribution in [0.25, 0.3) is 39.1 Å². The summed E-state index contributed by atoms with van der Waals surface area (Å²) >= 11 is 0. The molecule has 4 aliphatic rings. The number of hydrogen-bond donors (Lipinski definition) is 0. The van der Waals surface area contributed by atoms with Gasteiger partial charge >= 0.3 is 0 Å². The van der Waals surface area contributed by atoms with Crippen molar-refractivity contribution in [3.05, 3.63) is 161 Å². The lowest BCUT2D eigenvalue weighted by Gasteiger charge is -2.47. The number of fused-ring (bicyclic) bond motifs is 10. The van der Waals surface area contributed by atoms with Crippen molar-refractivity contribution >= 4 is 28.3 Å². The van der Waals surface area contributed by atoms with Crippen LogP contribution in [0, 0.1) is 5.41 Å². The van der Waals surface area contributed by atoms with E-state index in [0.29, 0.717) is 24.0 Å². The zero-order chi connectivity index (χ0) is 49.8. The summed E-state index contributed by atoms with van der Waals surface area (Å²) in [5, 5.41) is 2.21. The molecule has 10 rings (SSSR count).